The van der Waals surface area contributed by atoms with Gasteiger partial charge in [-0.05, 0) is 42.3 Å². The van der Waals surface area contributed by atoms with Crippen LogP contribution in [0.3, 0.4) is 0 Å². The molecule has 1 saturated heterocycles. The molecule has 1 atom stereocenters. The van der Waals surface area contributed by atoms with Crippen molar-refractivity contribution < 1.29 is 31.2 Å². The number of hydrogen-bond acceptors (Lipinski definition) is 5. The zero-order valence-electron chi connectivity index (χ0n) is 18.2. The Morgan fingerprint density at radius 2 is 1.74 bits per heavy atom. The summed E-state index contributed by atoms with van der Waals surface area (Å²) in [7, 11) is -3.09. The third kappa shape index (κ3) is 4.57. The quantitative estimate of drug-likeness (QED) is 0.449. The second kappa shape index (κ2) is 8.24. The standard InChI is InChI=1S/C23H20Cl2F3NO4S/c1-13-5-14(3-4-18(13)20(30)10-21(2)11-34(31,32)12-21)19-9-22(33-29-19,23(26,27)28)15-6-16(24)8-17(25)7-15/h3-8H,9-12H2,1-2H3. The van der Waals surface area contributed by atoms with E-state index in [9.17, 15) is 26.4 Å². The molecule has 0 spiro atoms. The van der Waals surface area contributed by atoms with E-state index in [2.05, 4.69) is 5.16 Å². The fourth-order valence-electron chi connectivity index (χ4n) is 4.61. The highest BCUT2D eigenvalue weighted by Gasteiger charge is 2.62. The molecule has 0 N–H and O–H groups in total. The first-order chi connectivity index (χ1) is 15.6. The molecule has 1 fully saturated rings. The van der Waals surface area contributed by atoms with Gasteiger partial charge in [0, 0.05) is 39.4 Å². The number of sulfone groups is 1. The van der Waals surface area contributed by atoms with Gasteiger partial charge in [0.15, 0.2) is 15.6 Å². The summed E-state index contributed by atoms with van der Waals surface area (Å²) in [4.78, 5) is 17.8. The summed E-state index contributed by atoms with van der Waals surface area (Å²) in [6, 6.07) is 8.23. The lowest BCUT2D eigenvalue weighted by molar-refractivity contribution is -0.275. The normalized spacial score (nSPS) is 23.1. The molecule has 0 aliphatic carbocycles. The molecule has 0 bridgehead atoms. The van der Waals surface area contributed by atoms with Gasteiger partial charge in [0.25, 0.3) is 5.60 Å². The van der Waals surface area contributed by atoms with E-state index in [1.165, 1.54) is 18.2 Å². The zero-order valence-corrected chi connectivity index (χ0v) is 20.5. The fourth-order valence-corrected chi connectivity index (χ4v) is 7.38. The van der Waals surface area contributed by atoms with E-state index in [0.29, 0.717) is 16.7 Å². The van der Waals surface area contributed by atoms with Crippen LogP contribution in [-0.4, -0.2) is 37.6 Å². The van der Waals surface area contributed by atoms with Gasteiger partial charge in [-0.25, -0.2) is 8.42 Å². The number of benzene rings is 2. The molecular formula is C23H20Cl2F3NO4S. The van der Waals surface area contributed by atoms with Crippen molar-refractivity contribution in [1.82, 2.24) is 0 Å². The average molecular weight is 534 g/mol. The zero-order chi connectivity index (χ0) is 25.1. The predicted octanol–water partition coefficient (Wildman–Crippen LogP) is 5.89. The van der Waals surface area contributed by atoms with Gasteiger partial charge < -0.3 is 4.84 Å². The van der Waals surface area contributed by atoms with Crippen LogP contribution < -0.4 is 0 Å². The SMILES string of the molecule is Cc1cc(C2=NOC(c3cc(Cl)cc(Cl)c3)(C(F)(F)F)C2)ccc1C(=O)CC1(C)CS(=O)(=O)C1. The minimum atomic E-state index is -4.81. The van der Waals surface area contributed by atoms with Crippen molar-refractivity contribution >= 4 is 44.5 Å². The van der Waals surface area contributed by atoms with Crippen LogP contribution in [0.2, 0.25) is 10.0 Å². The molecule has 5 nitrogen and oxygen atoms in total. The molecule has 2 aliphatic rings. The Balaban J connectivity index is 1.58. The summed E-state index contributed by atoms with van der Waals surface area (Å²) >= 11 is 11.9. The van der Waals surface area contributed by atoms with E-state index in [1.807, 2.05) is 0 Å². The molecule has 182 valence electrons. The second-order valence-electron chi connectivity index (χ2n) is 9.26. The summed E-state index contributed by atoms with van der Waals surface area (Å²) in [5.41, 5.74) is -2.23. The van der Waals surface area contributed by atoms with Crippen molar-refractivity contribution in [2.24, 2.45) is 10.6 Å². The second-order valence-corrected chi connectivity index (χ2v) is 12.2. The van der Waals surface area contributed by atoms with Crippen LogP contribution in [0.15, 0.2) is 41.6 Å². The van der Waals surface area contributed by atoms with Crippen LogP contribution in [0.25, 0.3) is 0 Å². The predicted molar refractivity (Wildman–Crippen MR) is 123 cm³/mol. The Hall–Kier alpha value is -2.10. The Morgan fingerprint density at radius 1 is 1.12 bits per heavy atom. The minimum absolute atomic E-state index is 0.0369. The number of halogens is 5. The average Bonchev–Trinajstić information content (AvgIpc) is 3.12. The van der Waals surface area contributed by atoms with E-state index in [0.717, 1.165) is 12.1 Å². The van der Waals surface area contributed by atoms with Crippen molar-refractivity contribution in [2.75, 3.05) is 11.5 Å². The van der Waals surface area contributed by atoms with E-state index < -0.39 is 33.5 Å². The number of alkyl halides is 3. The molecule has 2 aromatic carbocycles. The van der Waals surface area contributed by atoms with E-state index in [4.69, 9.17) is 28.0 Å². The maximum Gasteiger partial charge on any atom is 0.435 e. The van der Waals surface area contributed by atoms with Gasteiger partial charge in [0.1, 0.15) is 0 Å². The molecule has 11 heteroatoms. The van der Waals surface area contributed by atoms with Crippen LogP contribution in [0, 0.1) is 12.3 Å². The molecule has 4 rings (SSSR count). The van der Waals surface area contributed by atoms with Crippen molar-refractivity contribution in [3.8, 4) is 0 Å². The van der Waals surface area contributed by atoms with E-state index in [-0.39, 0.29) is 45.0 Å². The van der Waals surface area contributed by atoms with Crippen LogP contribution in [-0.2, 0) is 20.3 Å². The van der Waals surface area contributed by atoms with Gasteiger partial charge in [-0.15, -0.1) is 0 Å². The van der Waals surface area contributed by atoms with Crippen molar-refractivity contribution in [2.45, 2.75) is 38.5 Å². The number of ketones is 1. The summed E-state index contributed by atoms with van der Waals surface area (Å²) in [5.74, 6) is -0.294. The molecule has 0 amide bonds. The first-order valence-corrected chi connectivity index (χ1v) is 12.8. The lowest BCUT2D eigenvalue weighted by atomic mass is 9.84. The van der Waals surface area contributed by atoms with Gasteiger partial charge in [-0.1, -0.05) is 47.4 Å². The third-order valence-corrected chi connectivity index (χ3v) is 8.81. The lowest BCUT2D eigenvalue weighted by Crippen LogP contribution is -2.47. The number of carbonyl (C=O) groups excluding carboxylic acids is 1. The Labute approximate surface area is 204 Å². The molecule has 0 radical (unpaired) electrons. The number of hydrogen-bond donors (Lipinski definition) is 0. The van der Waals surface area contributed by atoms with Gasteiger partial charge in [0.2, 0.25) is 0 Å². The summed E-state index contributed by atoms with van der Waals surface area (Å²) in [6.07, 6.45) is -5.34. The monoisotopic (exact) mass is 533 g/mol. The molecule has 1 unspecified atom stereocenters. The van der Waals surface area contributed by atoms with E-state index >= 15 is 0 Å². The van der Waals surface area contributed by atoms with Gasteiger partial charge in [0.05, 0.1) is 17.2 Å². The number of oxime groups is 1. The Kier molecular flexibility index (Phi) is 6.06. The Morgan fingerprint density at radius 3 is 2.26 bits per heavy atom. The lowest BCUT2D eigenvalue weighted by Gasteiger charge is -2.37. The summed E-state index contributed by atoms with van der Waals surface area (Å²) in [6.45, 7) is 3.42. The van der Waals surface area contributed by atoms with Crippen LogP contribution in [0.1, 0.15) is 46.8 Å². The van der Waals surface area contributed by atoms with Gasteiger partial charge in [-0.2, -0.15) is 13.2 Å². The summed E-state index contributed by atoms with van der Waals surface area (Å²) in [5, 5.41) is 3.81. The topological polar surface area (TPSA) is 72.8 Å². The highest BCUT2D eigenvalue weighted by atomic mass is 35.5. The van der Waals surface area contributed by atoms with Crippen LogP contribution >= 0.6 is 23.2 Å². The highest BCUT2D eigenvalue weighted by Crippen LogP contribution is 2.49. The molecule has 2 aliphatic heterocycles. The largest absolute Gasteiger partial charge is 0.435 e. The number of rotatable bonds is 5. The maximum absolute atomic E-state index is 14.2. The number of carbonyl (C=O) groups is 1. The maximum atomic E-state index is 14.2. The smallest absolute Gasteiger partial charge is 0.374 e. The van der Waals surface area contributed by atoms with Crippen molar-refractivity contribution in [3.63, 3.8) is 0 Å². The van der Waals surface area contributed by atoms with Crippen LogP contribution in [0.4, 0.5) is 13.2 Å². The van der Waals surface area contributed by atoms with Crippen LogP contribution in [0.5, 0.6) is 0 Å². The first kappa shape index (κ1) is 25.0. The molecular weight excluding hydrogens is 514 g/mol. The van der Waals surface area contributed by atoms with E-state index in [1.54, 1.807) is 19.9 Å². The molecule has 2 heterocycles. The first-order valence-electron chi connectivity index (χ1n) is 10.3. The number of nitrogens with zero attached hydrogens (tertiary/aromatic N) is 1. The number of aryl methyl sites for hydroxylation is 1. The van der Waals surface area contributed by atoms with Gasteiger partial charge in [-0.3, -0.25) is 4.79 Å². The molecule has 0 saturated carbocycles. The minimum Gasteiger partial charge on any atom is -0.374 e. The Bertz CT molecular complexity index is 1290. The highest BCUT2D eigenvalue weighted by molar-refractivity contribution is 7.92. The summed E-state index contributed by atoms with van der Waals surface area (Å²) < 4.78 is 65.6. The molecule has 34 heavy (non-hydrogen) atoms. The fraction of sp³-hybridized carbons (Fsp3) is 0.391. The molecule has 2 aromatic rings. The number of Topliss-reactive ketones (excluding diaryl/α,β-unsaturated/α-hetero) is 1. The third-order valence-electron chi connectivity index (χ3n) is 6.10. The van der Waals surface area contributed by atoms with Crippen molar-refractivity contribution in [1.29, 1.82) is 0 Å². The van der Waals surface area contributed by atoms with Gasteiger partial charge >= 0.3 is 6.18 Å². The van der Waals surface area contributed by atoms with Crippen molar-refractivity contribution in [3.05, 3.63) is 68.7 Å². The molecule has 0 aromatic heterocycles.